The van der Waals surface area contributed by atoms with Crippen LogP contribution < -0.4 is 0 Å². The van der Waals surface area contributed by atoms with E-state index in [-0.39, 0.29) is 32.5 Å². The maximum atomic E-state index is 10.5. The predicted molar refractivity (Wildman–Crippen MR) is 632 cm³/mol. The zero-order valence-electron chi connectivity index (χ0n) is 112. The van der Waals surface area contributed by atoms with E-state index in [1.807, 2.05) is 6.92 Å². The Hall–Kier alpha value is -0.120. The van der Waals surface area contributed by atoms with Gasteiger partial charge in [0.05, 0.1) is 16.8 Å². The van der Waals surface area contributed by atoms with Crippen molar-refractivity contribution in [2.75, 3.05) is 0 Å². The Morgan fingerprint density at radius 2 is 0.370 bits per heavy atom. The molecule has 0 bridgehead atoms. The highest BCUT2D eigenvalue weighted by atomic mass is 16.3. The van der Waals surface area contributed by atoms with Crippen LogP contribution in [0.5, 0.6) is 0 Å². The first-order valence-electron chi connectivity index (χ1n) is 56.0. The van der Waals surface area contributed by atoms with Gasteiger partial charge in [-0.15, -0.1) is 0 Å². The van der Waals surface area contributed by atoms with Crippen molar-refractivity contribution in [3.8, 4) is 0 Å². The fraction of sp³-hybridized carbons (Fsp3) is 1.00. The SMILES string of the molecule is CC(C(C)(C)C)C(C)(C)C.CC(C(C)(C)C)C(C)(C)C.CC(C(C)(C)C)C(C)(C)C.CC(C)(C)C(C)(C)C(C)(C)C.CC(C)(C)C(C)(O)C(C)(C)C.CC(C)(C)C1(C(C)(C)C)CC1.CC(C)(C)C1(C(C)(C)C)CCC1.CC(C)C(C(C)(C)C)C(C)(C)C.CCC(C(C)(C)C)C(C)(C)C.CCC(C(C)(C)C)C(C)(C)C.CCC(O)(CC(C)(C)C)C(C)(C)C.CC[C@@](O)(CC(C)(C)C)C(C)(C)C. The molecular weight excluding hydrogens is 1630 g/mol. The van der Waals surface area contributed by atoms with Gasteiger partial charge in [0.1, 0.15) is 0 Å². The number of hydrogen-bond acceptors (Lipinski definition) is 3. The minimum atomic E-state index is -0.625. The van der Waals surface area contributed by atoms with E-state index in [1.54, 1.807) is 0 Å². The lowest BCUT2D eigenvalue weighted by Crippen LogP contribution is -2.51. The molecule has 830 valence electrons. The second-order valence-electron chi connectivity index (χ2n) is 71.2. The van der Waals surface area contributed by atoms with E-state index in [9.17, 15) is 15.3 Å². The summed E-state index contributed by atoms with van der Waals surface area (Å²) in [6.07, 6.45) is 13.1. The summed E-state index contributed by atoms with van der Waals surface area (Å²) >= 11 is 0. The minimum absolute atomic E-state index is 0.0327. The van der Waals surface area contributed by atoms with Crippen LogP contribution in [0.1, 0.15) is 652 Å². The first-order valence-corrected chi connectivity index (χ1v) is 56.0. The molecule has 0 heterocycles. The van der Waals surface area contributed by atoms with Crippen LogP contribution in [0.3, 0.4) is 0 Å². The maximum Gasteiger partial charge on any atom is 0.0715 e. The van der Waals surface area contributed by atoms with Crippen LogP contribution >= 0.6 is 0 Å². The highest BCUT2D eigenvalue weighted by molar-refractivity contribution is 5.09. The molecule has 2 fully saturated rings. The lowest BCUT2D eigenvalue weighted by atomic mass is 9.45. The van der Waals surface area contributed by atoms with Crippen LogP contribution in [0.4, 0.5) is 0 Å². The van der Waals surface area contributed by atoms with Crippen LogP contribution in [-0.2, 0) is 0 Å². The van der Waals surface area contributed by atoms with E-state index >= 15 is 0 Å². The van der Waals surface area contributed by atoms with Gasteiger partial charge in [-0.2, -0.15) is 0 Å². The van der Waals surface area contributed by atoms with Crippen LogP contribution in [0.2, 0.25) is 0 Å². The standard InChI is InChI=1S/2C12H26O.C12H24.C12H26.C11H22.3C11H24.C10H22O.3C10H22/c2*1-8-12(13,11(5,6)7)9-10(2,3)4;1-10(2,3)12(8-7-9-12)11(4,5)6;1-9(2)10(11(3,4)5)12(6,7)8;1-9(2,3)11(7-8-11)10(4,5)6;1-9(2,3)11(7,8)10(4,5)6;2*1-8-9(10(2,3)4)11(5,6)7;1-8(2,3)10(7,11)9(4,5)6;3*1-8(9(2,3)4)10(5,6)7/h2*13H,8-9H2,1-7H3;7-9H2,1-6H3;9-10H,1-8H3;7-8H2,1-6H3;1-8H3;2*9H,8H2,1-7H3;11H,1-7H3;3*8H,1-7H3/t12-;;;;;;;;;;;/m1.........../s1. The highest BCUT2D eigenvalue weighted by Gasteiger charge is 2.59. The van der Waals surface area contributed by atoms with Crippen LogP contribution in [0.25, 0.3) is 0 Å². The fourth-order valence-electron chi connectivity index (χ4n) is 24.0. The quantitative estimate of drug-likeness (QED) is 0.238. The van der Waals surface area contributed by atoms with Gasteiger partial charge in [0.25, 0.3) is 0 Å². The molecule has 0 spiro atoms. The van der Waals surface area contributed by atoms with E-state index in [0.717, 1.165) is 67.1 Å². The van der Waals surface area contributed by atoms with Crippen LogP contribution in [-0.4, -0.2) is 32.1 Å². The van der Waals surface area contributed by atoms with E-state index in [1.165, 1.54) is 44.9 Å². The summed E-state index contributed by atoms with van der Waals surface area (Å²) in [5.41, 5.74) is 8.09. The topological polar surface area (TPSA) is 60.7 Å². The average molecular weight is 1920 g/mol. The largest absolute Gasteiger partial charge is 0.389 e. The molecule has 2 aliphatic rings. The van der Waals surface area contributed by atoms with Crippen molar-refractivity contribution < 1.29 is 15.3 Å². The van der Waals surface area contributed by atoms with Gasteiger partial charge in [-0.05, 0) is 246 Å². The number of hydrogen-bond donors (Lipinski definition) is 3. The molecule has 2 saturated carbocycles. The highest BCUT2D eigenvalue weighted by Crippen LogP contribution is 2.68. The number of aliphatic hydroxyl groups is 3. The first kappa shape index (κ1) is 155. The zero-order chi connectivity index (χ0) is 114. The van der Waals surface area contributed by atoms with Crippen LogP contribution in [0.15, 0.2) is 0 Å². The van der Waals surface area contributed by atoms with Gasteiger partial charge in [-0.1, -0.05) is 594 Å². The van der Waals surface area contributed by atoms with Crippen molar-refractivity contribution in [2.24, 2.45) is 188 Å². The van der Waals surface area contributed by atoms with Gasteiger partial charge in [-0.25, -0.2) is 0 Å². The third-order valence-electron chi connectivity index (χ3n) is 35.3. The van der Waals surface area contributed by atoms with Gasteiger partial charge in [0.2, 0.25) is 0 Å². The lowest BCUT2D eigenvalue weighted by molar-refractivity contribution is -0.121. The minimum Gasteiger partial charge on any atom is -0.389 e. The molecule has 0 aromatic rings. The van der Waals surface area contributed by atoms with Crippen LogP contribution in [0, 0.1) is 188 Å². The van der Waals surface area contributed by atoms with Crippen molar-refractivity contribution in [2.45, 2.75) is 669 Å². The monoisotopic (exact) mass is 1920 g/mol. The Balaban J connectivity index is -0.000000158. The normalized spacial score (nSPS) is 16.8. The smallest absolute Gasteiger partial charge is 0.0715 e. The van der Waals surface area contributed by atoms with Gasteiger partial charge >= 0.3 is 0 Å². The van der Waals surface area contributed by atoms with Crippen molar-refractivity contribution in [3.05, 3.63) is 0 Å². The predicted octanol–water partition coefficient (Wildman–Crippen LogP) is 46.0. The van der Waals surface area contributed by atoms with Gasteiger partial charge < -0.3 is 15.3 Å². The zero-order valence-corrected chi connectivity index (χ0v) is 112. The van der Waals surface area contributed by atoms with E-state index in [4.69, 9.17) is 0 Å². The lowest BCUT2D eigenvalue weighted by Gasteiger charge is -2.60. The molecule has 0 aliphatic heterocycles. The Morgan fingerprint density at radius 1 is 0.207 bits per heavy atom. The molecule has 135 heavy (non-hydrogen) atoms. The van der Waals surface area contributed by atoms with E-state index < -0.39 is 16.8 Å². The fourth-order valence-corrected chi connectivity index (χ4v) is 24.0. The third kappa shape index (κ3) is 57.7. The Kier molecular flexibility index (Phi) is 60.5. The summed E-state index contributed by atoms with van der Waals surface area (Å²) < 4.78 is 0. The van der Waals surface area contributed by atoms with E-state index in [0.29, 0.717) is 114 Å². The van der Waals surface area contributed by atoms with Crippen molar-refractivity contribution in [1.29, 1.82) is 0 Å². The molecule has 2 atom stereocenters. The van der Waals surface area contributed by atoms with E-state index in [2.05, 4.69) is 575 Å². The Morgan fingerprint density at radius 3 is 0.378 bits per heavy atom. The average Bonchev–Trinajstić information content (AvgIpc) is 1.61. The molecule has 0 saturated heterocycles. The second-order valence-corrected chi connectivity index (χ2v) is 71.2. The molecule has 2 rings (SSSR count). The summed E-state index contributed by atoms with van der Waals surface area (Å²) in [5.74, 6) is 5.47. The molecule has 3 heteroatoms. The molecule has 0 amide bonds. The summed E-state index contributed by atoms with van der Waals surface area (Å²) in [4.78, 5) is 0. The van der Waals surface area contributed by atoms with Gasteiger partial charge in [-0.3, -0.25) is 0 Å². The van der Waals surface area contributed by atoms with Crippen molar-refractivity contribution in [1.82, 2.24) is 0 Å². The molecular formula is C132H284O3. The molecule has 0 radical (unpaired) electrons. The molecule has 0 aromatic heterocycles. The molecule has 3 nitrogen and oxygen atoms in total. The maximum absolute atomic E-state index is 10.5. The molecule has 0 aromatic carbocycles. The third-order valence-corrected chi connectivity index (χ3v) is 35.3. The Labute approximate surface area is 866 Å². The molecule has 2 aliphatic carbocycles. The molecule has 3 N–H and O–H groups in total. The summed E-state index contributed by atoms with van der Waals surface area (Å²) in [7, 11) is 0. The van der Waals surface area contributed by atoms with Crippen molar-refractivity contribution in [3.63, 3.8) is 0 Å². The first-order chi connectivity index (χ1) is 56.9. The van der Waals surface area contributed by atoms with Gasteiger partial charge in [0.15, 0.2) is 0 Å². The summed E-state index contributed by atoms with van der Waals surface area (Å²) in [6.45, 7) is 191. The Bertz CT molecular complexity index is 2680. The second kappa shape index (κ2) is 52.7. The number of rotatable bonds is 7. The summed E-state index contributed by atoms with van der Waals surface area (Å²) in [5, 5.41) is 31.2. The molecule has 1 unspecified atom stereocenters. The summed E-state index contributed by atoms with van der Waals surface area (Å²) in [6, 6.07) is 0. The van der Waals surface area contributed by atoms with Gasteiger partial charge in [0, 0.05) is 0 Å². The van der Waals surface area contributed by atoms with Crippen molar-refractivity contribution >= 4 is 0 Å².